The Hall–Kier alpha value is -2.19. The Kier molecular flexibility index (Phi) is 6.55. The highest BCUT2D eigenvalue weighted by Gasteiger charge is 2.26. The Labute approximate surface area is 154 Å². The predicted octanol–water partition coefficient (Wildman–Crippen LogP) is 1.74. The van der Waals surface area contributed by atoms with Gasteiger partial charge in [-0.05, 0) is 31.4 Å². The molecule has 2 N–H and O–H groups in total. The first kappa shape index (κ1) is 20.1. The first-order chi connectivity index (χ1) is 12.2. The summed E-state index contributed by atoms with van der Waals surface area (Å²) in [5.41, 5.74) is 0.968. The van der Waals surface area contributed by atoms with Crippen molar-refractivity contribution in [2.24, 2.45) is 13.0 Å². The molecule has 1 aromatic carbocycles. The van der Waals surface area contributed by atoms with Crippen LogP contribution in [-0.2, 0) is 28.4 Å². The fourth-order valence-electron chi connectivity index (χ4n) is 2.51. The topological polar surface area (TPSA) is 93.1 Å². The molecule has 8 heteroatoms. The van der Waals surface area contributed by atoms with Crippen LogP contribution in [0.4, 0.5) is 0 Å². The van der Waals surface area contributed by atoms with E-state index in [4.69, 9.17) is 0 Å². The van der Waals surface area contributed by atoms with Crippen molar-refractivity contribution in [3.05, 3.63) is 48.0 Å². The minimum Gasteiger partial charge on any atom is -0.347 e. The number of imidazole rings is 1. The standard InChI is InChI=1S/C18H26N4O3S/c1-13(2)11-16(18(23)20-12-17-19-9-10-22(17)4)21-26(24,25)15-7-5-14(3)6-8-15/h5-10,13,16,21H,11-12H2,1-4H3,(H,20,23). The second-order valence-corrected chi connectivity index (χ2v) is 8.50. The zero-order valence-electron chi connectivity index (χ0n) is 15.6. The van der Waals surface area contributed by atoms with Crippen molar-refractivity contribution in [1.29, 1.82) is 0 Å². The van der Waals surface area contributed by atoms with Gasteiger partial charge in [0.15, 0.2) is 0 Å². The van der Waals surface area contributed by atoms with Crippen molar-refractivity contribution in [2.45, 2.75) is 44.7 Å². The molecule has 0 spiro atoms. The van der Waals surface area contributed by atoms with Crippen molar-refractivity contribution in [1.82, 2.24) is 19.6 Å². The van der Waals surface area contributed by atoms with E-state index in [-0.39, 0.29) is 23.3 Å². The number of aryl methyl sites for hydroxylation is 2. The van der Waals surface area contributed by atoms with Crippen molar-refractivity contribution < 1.29 is 13.2 Å². The Morgan fingerprint density at radius 3 is 2.42 bits per heavy atom. The van der Waals surface area contributed by atoms with E-state index in [9.17, 15) is 13.2 Å². The lowest BCUT2D eigenvalue weighted by atomic mass is 10.0. The van der Waals surface area contributed by atoms with Crippen molar-refractivity contribution in [2.75, 3.05) is 0 Å². The Morgan fingerprint density at radius 1 is 1.23 bits per heavy atom. The van der Waals surface area contributed by atoms with Crippen LogP contribution in [-0.4, -0.2) is 29.9 Å². The van der Waals surface area contributed by atoms with Crippen molar-refractivity contribution >= 4 is 15.9 Å². The number of nitrogens with one attached hydrogen (secondary N) is 2. The van der Waals surface area contributed by atoms with Crippen LogP contribution < -0.4 is 10.0 Å². The molecule has 2 rings (SSSR count). The summed E-state index contributed by atoms with van der Waals surface area (Å²) in [7, 11) is -1.95. The minimum absolute atomic E-state index is 0.147. The van der Waals surface area contributed by atoms with Crippen LogP contribution in [0.2, 0.25) is 0 Å². The monoisotopic (exact) mass is 378 g/mol. The summed E-state index contributed by atoms with van der Waals surface area (Å²) in [6.45, 7) is 6.01. The third-order valence-electron chi connectivity index (χ3n) is 3.99. The van der Waals surface area contributed by atoms with E-state index >= 15 is 0 Å². The lowest BCUT2D eigenvalue weighted by Crippen LogP contribution is -2.47. The quantitative estimate of drug-likeness (QED) is 0.732. The normalized spacial score (nSPS) is 13.0. The molecule has 0 aliphatic rings. The molecule has 1 amide bonds. The zero-order valence-corrected chi connectivity index (χ0v) is 16.4. The number of amides is 1. The van der Waals surface area contributed by atoms with Gasteiger partial charge in [0.05, 0.1) is 11.4 Å². The van der Waals surface area contributed by atoms with Crippen LogP contribution >= 0.6 is 0 Å². The number of aromatic nitrogens is 2. The largest absolute Gasteiger partial charge is 0.347 e. The first-order valence-electron chi connectivity index (χ1n) is 8.52. The number of sulfonamides is 1. The summed E-state index contributed by atoms with van der Waals surface area (Å²) >= 11 is 0. The maximum absolute atomic E-state index is 12.6. The SMILES string of the molecule is Cc1ccc(S(=O)(=O)NC(CC(C)C)C(=O)NCc2nccn2C)cc1. The van der Waals surface area contributed by atoms with Crippen LogP contribution in [0.1, 0.15) is 31.7 Å². The summed E-state index contributed by atoms with van der Waals surface area (Å²) in [4.78, 5) is 16.9. The number of carbonyl (C=O) groups is 1. The maximum Gasteiger partial charge on any atom is 0.241 e. The number of hydrogen-bond acceptors (Lipinski definition) is 4. The molecule has 1 heterocycles. The third kappa shape index (κ3) is 5.40. The zero-order chi connectivity index (χ0) is 19.3. The van der Waals surface area contributed by atoms with Crippen LogP contribution in [0.15, 0.2) is 41.6 Å². The molecule has 1 unspecified atom stereocenters. The van der Waals surface area contributed by atoms with E-state index in [0.29, 0.717) is 12.2 Å². The van der Waals surface area contributed by atoms with Gasteiger partial charge >= 0.3 is 0 Å². The number of carbonyl (C=O) groups excluding carboxylic acids is 1. The van der Waals surface area contributed by atoms with Gasteiger partial charge in [0.25, 0.3) is 0 Å². The fourth-order valence-corrected chi connectivity index (χ4v) is 3.72. The summed E-state index contributed by atoms with van der Waals surface area (Å²) in [5.74, 6) is 0.486. The predicted molar refractivity (Wildman–Crippen MR) is 99.8 cm³/mol. The van der Waals surface area contributed by atoms with Gasteiger partial charge in [0, 0.05) is 19.4 Å². The lowest BCUT2D eigenvalue weighted by Gasteiger charge is -2.20. The minimum atomic E-state index is -3.78. The Morgan fingerprint density at radius 2 is 1.88 bits per heavy atom. The van der Waals surface area contributed by atoms with E-state index < -0.39 is 16.1 Å². The van der Waals surface area contributed by atoms with Gasteiger partial charge < -0.3 is 9.88 Å². The number of hydrogen-bond donors (Lipinski definition) is 2. The Balaban J connectivity index is 2.11. The van der Waals surface area contributed by atoms with Crippen molar-refractivity contribution in [3.8, 4) is 0 Å². The summed E-state index contributed by atoms with van der Waals surface area (Å²) in [6, 6.07) is 5.69. The van der Waals surface area contributed by atoms with Gasteiger partial charge in [-0.2, -0.15) is 4.72 Å². The van der Waals surface area contributed by atoms with E-state index in [2.05, 4.69) is 15.0 Å². The average molecular weight is 378 g/mol. The van der Waals surface area contributed by atoms with E-state index in [0.717, 1.165) is 5.56 Å². The van der Waals surface area contributed by atoms with Gasteiger partial charge in [0.2, 0.25) is 15.9 Å². The molecule has 7 nitrogen and oxygen atoms in total. The maximum atomic E-state index is 12.6. The third-order valence-corrected chi connectivity index (χ3v) is 5.48. The molecule has 0 saturated heterocycles. The summed E-state index contributed by atoms with van der Waals surface area (Å²) in [6.07, 6.45) is 3.83. The van der Waals surface area contributed by atoms with Gasteiger partial charge in [-0.3, -0.25) is 4.79 Å². The lowest BCUT2D eigenvalue weighted by molar-refractivity contribution is -0.123. The van der Waals surface area contributed by atoms with E-state index in [1.807, 2.05) is 27.8 Å². The summed E-state index contributed by atoms with van der Waals surface area (Å²) in [5, 5.41) is 2.77. The first-order valence-corrected chi connectivity index (χ1v) is 10.0. The van der Waals surface area contributed by atoms with Crippen LogP contribution in [0.3, 0.4) is 0 Å². The molecule has 0 bridgehead atoms. The smallest absolute Gasteiger partial charge is 0.241 e. The molecule has 0 aliphatic heterocycles. The molecule has 2 aromatic rings. The van der Waals surface area contributed by atoms with Crippen molar-refractivity contribution in [3.63, 3.8) is 0 Å². The highest BCUT2D eigenvalue weighted by Crippen LogP contribution is 2.13. The molecule has 1 atom stereocenters. The fraction of sp³-hybridized carbons (Fsp3) is 0.444. The molecule has 0 aliphatic carbocycles. The number of nitrogens with zero attached hydrogens (tertiary/aromatic N) is 2. The van der Waals surface area contributed by atoms with E-state index in [1.165, 1.54) is 12.1 Å². The second kappa shape index (κ2) is 8.46. The average Bonchev–Trinajstić information content (AvgIpc) is 2.97. The Bertz CT molecular complexity index is 842. The van der Waals surface area contributed by atoms with Gasteiger partial charge in [-0.25, -0.2) is 13.4 Å². The van der Waals surface area contributed by atoms with Crippen LogP contribution in [0.5, 0.6) is 0 Å². The molecule has 142 valence electrons. The molecule has 1 aromatic heterocycles. The molecular formula is C18H26N4O3S. The molecule has 0 fully saturated rings. The van der Waals surface area contributed by atoms with Gasteiger partial charge in [0.1, 0.15) is 11.9 Å². The van der Waals surface area contributed by atoms with Gasteiger partial charge in [-0.15, -0.1) is 0 Å². The van der Waals surface area contributed by atoms with Gasteiger partial charge in [-0.1, -0.05) is 31.5 Å². The molecule has 0 saturated carbocycles. The highest BCUT2D eigenvalue weighted by molar-refractivity contribution is 7.89. The van der Waals surface area contributed by atoms with Crippen LogP contribution in [0.25, 0.3) is 0 Å². The number of rotatable bonds is 8. The molecular weight excluding hydrogens is 352 g/mol. The second-order valence-electron chi connectivity index (χ2n) is 6.79. The van der Waals surface area contributed by atoms with E-state index in [1.54, 1.807) is 29.1 Å². The summed E-state index contributed by atoms with van der Waals surface area (Å²) < 4.78 is 29.6. The highest BCUT2D eigenvalue weighted by atomic mass is 32.2. The molecule has 26 heavy (non-hydrogen) atoms. The molecule has 0 radical (unpaired) electrons. The number of benzene rings is 1. The van der Waals surface area contributed by atoms with Crippen LogP contribution in [0, 0.1) is 12.8 Å².